The van der Waals surface area contributed by atoms with Crippen molar-refractivity contribution >= 4 is 21.5 Å². The molecule has 3 N–H and O–H groups in total. The van der Waals surface area contributed by atoms with Crippen molar-refractivity contribution in [2.75, 3.05) is 13.1 Å². The predicted octanol–water partition coefficient (Wildman–Crippen LogP) is 3.64. The lowest BCUT2D eigenvalue weighted by molar-refractivity contribution is 0.510. The Morgan fingerprint density at radius 2 is 2.20 bits per heavy atom. The van der Waals surface area contributed by atoms with Gasteiger partial charge in [-0.05, 0) is 79.6 Å². The highest BCUT2D eigenvalue weighted by Crippen LogP contribution is 2.41. The van der Waals surface area contributed by atoms with E-state index in [9.17, 15) is 0 Å². The molecule has 0 fully saturated rings. The average molecular weight is 335 g/mol. The highest BCUT2D eigenvalue weighted by Gasteiger charge is 2.28. The Hall–Kier alpha value is -0.640. The van der Waals surface area contributed by atoms with Gasteiger partial charge in [0.05, 0.1) is 0 Å². The fraction of sp³-hybridized carbons (Fsp3) is 0.529. The van der Waals surface area contributed by atoms with Crippen molar-refractivity contribution in [3.63, 3.8) is 0 Å². The number of nitrogens with two attached hydrogens (primary N) is 1. The Balaban J connectivity index is 1.85. The number of fused-ring (bicyclic) bond motifs is 2. The first-order valence-electron chi connectivity index (χ1n) is 7.74. The molecule has 3 heteroatoms. The van der Waals surface area contributed by atoms with Gasteiger partial charge in [-0.1, -0.05) is 28.4 Å². The van der Waals surface area contributed by atoms with Crippen molar-refractivity contribution in [1.82, 2.24) is 5.32 Å². The van der Waals surface area contributed by atoms with Gasteiger partial charge in [-0.2, -0.15) is 0 Å². The van der Waals surface area contributed by atoms with Crippen molar-refractivity contribution in [2.24, 2.45) is 5.73 Å². The lowest BCUT2D eigenvalue weighted by atomic mass is 9.99. The van der Waals surface area contributed by atoms with Crippen molar-refractivity contribution < 1.29 is 0 Å². The molecule has 0 spiro atoms. The molecule has 0 aromatic heterocycles. The van der Waals surface area contributed by atoms with Crippen LogP contribution in [0.3, 0.4) is 0 Å². The van der Waals surface area contributed by atoms with Crippen LogP contribution in [0.5, 0.6) is 0 Å². The van der Waals surface area contributed by atoms with Crippen molar-refractivity contribution in [1.29, 1.82) is 0 Å². The summed E-state index contributed by atoms with van der Waals surface area (Å²) in [6.45, 7) is 1.82. The van der Waals surface area contributed by atoms with Gasteiger partial charge in [-0.3, -0.25) is 0 Å². The normalized spacial score (nSPS) is 21.6. The molecule has 0 amide bonds. The van der Waals surface area contributed by atoms with Crippen LogP contribution in [-0.2, 0) is 6.42 Å². The van der Waals surface area contributed by atoms with Crippen LogP contribution in [0.4, 0.5) is 0 Å². The number of nitrogens with one attached hydrogen (secondary N) is 1. The zero-order valence-electron chi connectivity index (χ0n) is 11.9. The molecule has 2 aliphatic carbocycles. The summed E-state index contributed by atoms with van der Waals surface area (Å²) in [6, 6.07) is 7.32. The molecular formula is C17H23BrN2. The maximum Gasteiger partial charge on any atom is 0.0288 e. The quantitative estimate of drug-likeness (QED) is 0.825. The van der Waals surface area contributed by atoms with Gasteiger partial charge in [0.1, 0.15) is 0 Å². The molecule has 0 bridgehead atoms. The Labute approximate surface area is 130 Å². The smallest absolute Gasteiger partial charge is 0.0288 e. The van der Waals surface area contributed by atoms with Crippen LogP contribution in [0, 0.1) is 0 Å². The van der Waals surface area contributed by atoms with E-state index in [2.05, 4.69) is 39.4 Å². The Bertz CT molecular complexity index is 522. The number of hydrogen-bond acceptors (Lipinski definition) is 2. The number of benzene rings is 1. The fourth-order valence-electron chi connectivity index (χ4n) is 3.53. The summed E-state index contributed by atoms with van der Waals surface area (Å²) < 4.78 is 1.20. The first kappa shape index (κ1) is 14.3. The maximum absolute atomic E-state index is 5.61. The molecular weight excluding hydrogens is 312 g/mol. The van der Waals surface area contributed by atoms with E-state index in [1.165, 1.54) is 41.3 Å². The predicted molar refractivity (Wildman–Crippen MR) is 88.7 cm³/mol. The minimum Gasteiger partial charge on any atom is -0.330 e. The minimum absolute atomic E-state index is 0.560. The van der Waals surface area contributed by atoms with Gasteiger partial charge >= 0.3 is 0 Å². The number of hydrogen-bond donors (Lipinski definition) is 2. The fourth-order valence-corrected chi connectivity index (χ4v) is 3.89. The summed E-state index contributed by atoms with van der Waals surface area (Å²) >= 11 is 3.62. The zero-order chi connectivity index (χ0) is 13.9. The van der Waals surface area contributed by atoms with Crippen LogP contribution < -0.4 is 11.1 Å². The van der Waals surface area contributed by atoms with Crippen molar-refractivity contribution in [3.05, 3.63) is 39.4 Å². The molecule has 1 unspecified atom stereocenters. The van der Waals surface area contributed by atoms with Crippen LogP contribution in [-0.4, -0.2) is 19.1 Å². The lowest BCUT2D eigenvalue weighted by Crippen LogP contribution is -2.32. The molecule has 2 aliphatic rings. The van der Waals surface area contributed by atoms with E-state index in [0.29, 0.717) is 6.04 Å². The summed E-state index contributed by atoms with van der Waals surface area (Å²) in [5.74, 6) is 0. The highest BCUT2D eigenvalue weighted by atomic mass is 79.9. The molecule has 1 aromatic rings. The second-order valence-electron chi connectivity index (χ2n) is 5.88. The molecule has 0 saturated carbocycles. The third-order valence-corrected chi connectivity index (χ3v) is 5.02. The Morgan fingerprint density at radius 3 is 3.05 bits per heavy atom. The van der Waals surface area contributed by atoms with E-state index in [-0.39, 0.29) is 0 Å². The second-order valence-corrected chi connectivity index (χ2v) is 6.79. The summed E-state index contributed by atoms with van der Waals surface area (Å²) in [5, 5.41) is 3.73. The van der Waals surface area contributed by atoms with Crippen LogP contribution in [0.2, 0.25) is 0 Å². The molecule has 20 heavy (non-hydrogen) atoms. The van der Waals surface area contributed by atoms with Gasteiger partial charge in [0.2, 0.25) is 0 Å². The third kappa shape index (κ3) is 2.85. The SMILES string of the molecule is NCCCNC1CCCCC2=C1Cc1ccc(Br)cc12. The Kier molecular flexibility index (Phi) is 4.59. The van der Waals surface area contributed by atoms with Crippen LogP contribution in [0.1, 0.15) is 43.2 Å². The van der Waals surface area contributed by atoms with Crippen LogP contribution >= 0.6 is 15.9 Å². The monoisotopic (exact) mass is 334 g/mol. The van der Waals surface area contributed by atoms with Gasteiger partial charge in [-0.25, -0.2) is 0 Å². The van der Waals surface area contributed by atoms with E-state index in [4.69, 9.17) is 5.73 Å². The van der Waals surface area contributed by atoms with E-state index in [0.717, 1.165) is 25.9 Å². The Morgan fingerprint density at radius 1 is 1.30 bits per heavy atom. The molecule has 0 aliphatic heterocycles. The minimum atomic E-state index is 0.560. The van der Waals surface area contributed by atoms with Gasteiger partial charge in [0.25, 0.3) is 0 Å². The van der Waals surface area contributed by atoms with Gasteiger partial charge in [-0.15, -0.1) is 0 Å². The molecule has 108 valence electrons. The average Bonchev–Trinajstić information content (AvgIpc) is 2.67. The number of allylic oxidation sites excluding steroid dienone is 1. The zero-order valence-corrected chi connectivity index (χ0v) is 13.5. The largest absolute Gasteiger partial charge is 0.330 e. The molecule has 1 atom stereocenters. The first-order chi connectivity index (χ1) is 9.79. The number of rotatable bonds is 4. The molecule has 2 nitrogen and oxygen atoms in total. The summed E-state index contributed by atoms with van der Waals surface area (Å²) in [5.41, 5.74) is 11.9. The summed E-state index contributed by atoms with van der Waals surface area (Å²) in [4.78, 5) is 0. The highest BCUT2D eigenvalue weighted by molar-refractivity contribution is 9.10. The van der Waals surface area contributed by atoms with E-state index < -0.39 is 0 Å². The topological polar surface area (TPSA) is 38.0 Å². The van der Waals surface area contributed by atoms with Crippen LogP contribution in [0.15, 0.2) is 28.2 Å². The van der Waals surface area contributed by atoms with Crippen molar-refractivity contribution in [2.45, 2.75) is 44.6 Å². The van der Waals surface area contributed by atoms with Gasteiger partial charge in [0, 0.05) is 10.5 Å². The lowest BCUT2D eigenvalue weighted by Gasteiger charge is -2.19. The molecule has 0 radical (unpaired) electrons. The molecule has 0 heterocycles. The summed E-state index contributed by atoms with van der Waals surface area (Å²) in [7, 11) is 0. The maximum atomic E-state index is 5.61. The standard InChI is InChI=1S/C17H23BrN2/c18-13-7-6-12-10-16-14(15(12)11-13)4-1-2-5-17(16)20-9-3-8-19/h6-7,11,17,20H,1-5,8-10,19H2. The third-order valence-electron chi connectivity index (χ3n) is 4.53. The summed E-state index contributed by atoms with van der Waals surface area (Å²) in [6.07, 6.45) is 7.37. The molecule has 0 saturated heterocycles. The molecule has 1 aromatic carbocycles. The van der Waals surface area contributed by atoms with E-state index >= 15 is 0 Å². The number of halogens is 1. The first-order valence-corrected chi connectivity index (χ1v) is 8.53. The molecule has 3 rings (SSSR count). The van der Waals surface area contributed by atoms with E-state index in [1.54, 1.807) is 11.1 Å². The van der Waals surface area contributed by atoms with Gasteiger partial charge in [0.15, 0.2) is 0 Å². The second kappa shape index (κ2) is 6.42. The van der Waals surface area contributed by atoms with Crippen molar-refractivity contribution in [3.8, 4) is 0 Å². The van der Waals surface area contributed by atoms with Gasteiger partial charge < -0.3 is 11.1 Å². The van der Waals surface area contributed by atoms with Crippen LogP contribution in [0.25, 0.3) is 5.57 Å². The van der Waals surface area contributed by atoms with E-state index in [1.807, 2.05) is 0 Å².